The molecule has 0 radical (unpaired) electrons. The highest BCUT2D eigenvalue weighted by Crippen LogP contribution is 2.05. The summed E-state index contributed by atoms with van der Waals surface area (Å²) >= 11 is 0. The minimum atomic E-state index is -0.818. The van der Waals surface area contributed by atoms with Gasteiger partial charge in [0.1, 0.15) is 5.82 Å². The van der Waals surface area contributed by atoms with E-state index in [0.717, 1.165) is 11.6 Å². The number of esters is 1. The zero-order valence-electron chi connectivity index (χ0n) is 13.1. The molecule has 0 atom stereocenters. The maximum atomic E-state index is 13.4. The number of benzene rings is 2. The highest BCUT2D eigenvalue weighted by molar-refractivity contribution is 5.96. The molecule has 6 nitrogen and oxygen atoms in total. The number of hydrazine groups is 1. The summed E-state index contributed by atoms with van der Waals surface area (Å²) in [5.74, 6) is -3.00. The Kier molecular flexibility index (Phi) is 6.41. The van der Waals surface area contributed by atoms with Crippen molar-refractivity contribution in [3.05, 3.63) is 77.6 Å². The lowest BCUT2D eigenvalue weighted by Crippen LogP contribution is -2.43. The van der Waals surface area contributed by atoms with Crippen LogP contribution in [0.1, 0.15) is 15.9 Å². The second-order valence-corrected chi connectivity index (χ2v) is 4.83. The number of carbonyl (C=O) groups excluding carboxylic acids is 3. The molecule has 0 aliphatic rings. The molecule has 0 aliphatic heterocycles. The molecule has 0 heterocycles. The molecule has 2 amide bonds. The quantitative estimate of drug-likeness (QED) is 0.493. The van der Waals surface area contributed by atoms with E-state index in [1.54, 1.807) is 18.2 Å². The monoisotopic (exact) mass is 342 g/mol. The Balaban J connectivity index is 1.73. The fraction of sp³-hybridized carbons (Fsp3) is 0.0556. The molecule has 25 heavy (non-hydrogen) atoms. The average molecular weight is 342 g/mol. The zero-order chi connectivity index (χ0) is 18.1. The molecule has 128 valence electrons. The first-order chi connectivity index (χ1) is 12.1. The molecule has 2 aromatic rings. The third-order valence-electron chi connectivity index (χ3n) is 2.99. The Hall–Kier alpha value is -3.48. The van der Waals surface area contributed by atoms with E-state index in [1.165, 1.54) is 24.3 Å². The molecule has 0 aliphatic carbocycles. The van der Waals surface area contributed by atoms with Gasteiger partial charge in [-0.2, -0.15) is 0 Å². The van der Waals surface area contributed by atoms with Gasteiger partial charge in [-0.1, -0.05) is 42.5 Å². The minimum Gasteiger partial charge on any atom is -0.452 e. The van der Waals surface area contributed by atoms with Gasteiger partial charge in [0.15, 0.2) is 6.61 Å². The maximum absolute atomic E-state index is 13.4. The summed E-state index contributed by atoms with van der Waals surface area (Å²) in [5, 5.41) is 0. The number of hydrogen-bond acceptors (Lipinski definition) is 4. The average Bonchev–Trinajstić information content (AvgIpc) is 2.64. The second kappa shape index (κ2) is 8.97. The molecule has 0 spiro atoms. The number of carbonyl (C=O) groups is 3. The van der Waals surface area contributed by atoms with Crippen molar-refractivity contribution in [2.45, 2.75) is 0 Å². The first-order valence-electron chi connectivity index (χ1n) is 7.30. The molecule has 0 saturated heterocycles. The molecule has 2 rings (SSSR count). The third-order valence-corrected chi connectivity index (χ3v) is 2.99. The van der Waals surface area contributed by atoms with Crippen molar-refractivity contribution in [2.75, 3.05) is 6.61 Å². The van der Waals surface area contributed by atoms with Crippen LogP contribution in [0.5, 0.6) is 0 Å². The first-order valence-corrected chi connectivity index (χ1v) is 7.30. The lowest BCUT2D eigenvalue weighted by atomic mass is 10.2. The standard InChI is InChI=1S/C18H15FN2O4/c19-15-9-5-4-8-14(15)18(24)21-20-16(22)12-25-17(23)11-10-13-6-2-1-3-7-13/h1-11H,12H2,(H,20,22)(H,21,24)/b11-10+. The molecule has 0 saturated carbocycles. The minimum absolute atomic E-state index is 0.217. The van der Waals surface area contributed by atoms with Crippen LogP contribution in [0.3, 0.4) is 0 Å². The Labute approximate surface area is 143 Å². The lowest BCUT2D eigenvalue weighted by Gasteiger charge is -2.07. The lowest BCUT2D eigenvalue weighted by molar-refractivity contribution is -0.144. The Bertz CT molecular complexity index is 791. The summed E-state index contributed by atoms with van der Waals surface area (Å²) in [7, 11) is 0. The zero-order valence-corrected chi connectivity index (χ0v) is 13.1. The van der Waals surface area contributed by atoms with E-state index in [1.807, 2.05) is 29.1 Å². The van der Waals surface area contributed by atoms with Gasteiger partial charge in [0.2, 0.25) is 0 Å². The highest BCUT2D eigenvalue weighted by atomic mass is 19.1. The third kappa shape index (κ3) is 5.91. The van der Waals surface area contributed by atoms with Crippen molar-refractivity contribution in [1.29, 1.82) is 0 Å². The normalized spacial score (nSPS) is 10.3. The van der Waals surface area contributed by atoms with Gasteiger partial charge in [-0.05, 0) is 23.8 Å². The van der Waals surface area contributed by atoms with Gasteiger partial charge in [0.05, 0.1) is 5.56 Å². The summed E-state index contributed by atoms with van der Waals surface area (Å²) in [6, 6.07) is 14.4. The van der Waals surface area contributed by atoms with Crippen LogP contribution in [-0.4, -0.2) is 24.4 Å². The maximum Gasteiger partial charge on any atom is 0.331 e. The van der Waals surface area contributed by atoms with Crippen LogP contribution in [0.2, 0.25) is 0 Å². The summed E-state index contributed by atoms with van der Waals surface area (Å²) in [4.78, 5) is 34.7. The van der Waals surface area contributed by atoms with E-state index in [9.17, 15) is 18.8 Å². The van der Waals surface area contributed by atoms with E-state index < -0.39 is 30.2 Å². The predicted molar refractivity (Wildman–Crippen MR) is 88.4 cm³/mol. The summed E-state index contributed by atoms with van der Waals surface area (Å²) < 4.78 is 18.1. The fourth-order valence-electron chi connectivity index (χ4n) is 1.79. The molecular formula is C18H15FN2O4. The number of halogens is 1. The number of rotatable bonds is 5. The van der Waals surface area contributed by atoms with E-state index in [2.05, 4.69) is 0 Å². The Morgan fingerprint density at radius 3 is 2.36 bits per heavy atom. The van der Waals surface area contributed by atoms with Crippen LogP contribution in [0, 0.1) is 5.82 Å². The number of amides is 2. The SMILES string of the molecule is O=C(COC(=O)/C=C/c1ccccc1)NNC(=O)c1ccccc1F. The smallest absolute Gasteiger partial charge is 0.331 e. The first kappa shape index (κ1) is 17.9. The van der Waals surface area contributed by atoms with Gasteiger partial charge in [0.25, 0.3) is 11.8 Å². The Morgan fingerprint density at radius 1 is 0.960 bits per heavy atom. The topological polar surface area (TPSA) is 84.5 Å². The van der Waals surface area contributed by atoms with Crippen LogP contribution < -0.4 is 10.9 Å². The molecule has 0 fully saturated rings. The number of ether oxygens (including phenoxy) is 1. The Morgan fingerprint density at radius 2 is 1.64 bits per heavy atom. The fourth-order valence-corrected chi connectivity index (χ4v) is 1.79. The van der Waals surface area contributed by atoms with Crippen LogP contribution in [0.4, 0.5) is 4.39 Å². The molecule has 0 aromatic heterocycles. The largest absolute Gasteiger partial charge is 0.452 e. The predicted octanol–water partition coefficient (Wildman–Crippen LogP) is 1.84. The number of hydrogen-bond donors (Lipinski definition) is 2. The number of nitrogens with one attached hydrogen (secondary N) is 2. The van der Waals surface area contributed by atoms with Crippen LogP contribution in [-0.2, 0) is 14.3 Å². The summed E-state index contributed by atoms with van der Waals surface area (Å²) in [6.07, 6.45) is 2.72. The van der Waals surface area contributed by atoms with Crippen molar-refractivity contribution in [3.8, 4) is 0 Å². The van der Waals surface area contributed by atoms with Crippen molar-refractivity contribution in [2.24, 2.45) is 0 Å². The summed E-state index contributed by atoms with van der Waals surface area (Å²) in [6.45, 7) is -0.588. The van der Waals surface area contributed by atoms with Gasteiger partial charge < -0.3 is 4.74 Å². The van der Waals surface area contributed by atoms with Gasteiger partial charge >= 0.3 is 5.97 Å². The van der Waals surface area contributed by atoms with Crippen molar-refractivity contribution >= 4 is 23.9 Å². The molecule has 2 N–H and O–H groups in total. The van der Waals surface area contributed by atoms with E-state index >= 15 is 0 Å². The van der Waals surface area contributed by atoms with Gasteiger partial charge in [0, 0.05) is 6.08 Å². The second-order valence-electron chi connectivity index (χ2n) is 4.83. The summed E-state index contributed by atoms with van der Waals surface area (Å²) in [5.41, 5.74) is 4.65. The highest BCUT2D eigenvalue weighted by Gasteiger charge is 2.12. The molecular weight excluding hydrogens is 327 g/mol. The van der Waals surface area contributed by atoms with Gasteiger partial charge in [-0.3, -0.25) is 20.4 Å². The van der Waals surface area contributed by atoms with Crippen LogP contribution in [0.25, 0.3) is 6.08 Å². The van der Waals surface area contributed by atoms with Gasteiger partial charge in [-0.15, -0.1) is 0 Å². The molecule has 0 unspecified atom stereocenters. The van der Waals surface area contributed by atoms with Crippen molar-refractivity contribution < 1.29 is 23.5 Å². The van der Waals surface area contributed by atoms with Crippen LogP contribution >= 0.6 is 0 Å². The molecule has 7 heteroatoms. The van der Waals surface area contributed by atoms with Crippen LogP contribution in [0.15, 0.2) is 60.7 Å². The van der Waals surface area contributed by atoms with E-state index in [4.69, 9.17) is 4.74 Å². The molecule has 2 aromatic carbocycles. The van der Waals surface area contributed by atoms with Crippen molar-refractivity contribution in [1.82, 2.24) is 10.9 Å². The van der Waals surface area contributed by atoms with Gasteiger partial charge in [-0.25, -0.2) is 9.18 Å². The molecule has 0 bridgehead atoms. The van der Waals surface area contributed by atoms with E-state index in [0.29, 0.717) is 0 Å². The van der Waals surface area contributed by atoms with Crippen molar-refractivity contribution in [3.63, 3.8) is 0 Å². The van der Waals surface area contributed by atoms with E-state index in [-0.39, 0.29) is 5.56 Å².